The number of anilines is 1. The molecule has 0 saturated carbocycles. The average molecular weight is 348 g/mol. The van der Waals surface area contributed by atoms with Crippen molar-refractivity contribution in [2.45, 2.75) is 11.7 Å². The fraction of sp³-hybridized carbons (Fsp3) is 0.333. The smallest absolute Gasteiger partial charge is 0.237 e. The minimum atomic E-state index is -3.88. The first-order valence-corrected chi connectivity index (χ1v) is 8.08. The molecular formula is C9H6Cl3FN2O3S. The van der Waals surface area contributed by atoms with Crippen molar-refractivity contribution in [3.8, 4) is 0 Å². The number of carbonyl (C=O) groups is 1. The summed E-state index contributed by atoms with van der Waals surface area (Å²) in [6, 6.07) is 0.929. The van der Waals surface area contributed by atoms with Crippen molar-refractivity contribution >= 4 is 54.5 Å². The van der Waals surface area contributed by atoms with E-state index in [1.54, 1.807) is 0 Å². The van der Waals surface area contributed by atoms with Gasteiger partial charge in [0, 0.05) is 29.7 Å². The van der Waals surface area contributed by atoms with Crippen LogP contribution in [0, 0.1) is 5.82 Å². The third kappa shape index (κ3) is 2.94. The molecule has 1 atom stereocenters. The van der Waals surface area contributed by atoms with Gasteiger partial charge in [0.15, 0.2) is 16.1 Å². The van der Waals surface area contributed by atoms with Gasteiger partial charge in [-0.05, 0) is 0 Å². The van der Waals surface area contributed by atoms with Crippen molar-refractivity contribution in [3.05, 3.63) is 22.2 Å². The second-order valence-electron chi connectivity index (χ2n) is 3.88. The van der Waals surface area contributed by atoms with Gasteiger partial charge in [0.05, 0.1) is 5.69 Å². The van der Waals surface area contributed by atoms with Gasteiger partial charge >= 0.3 is 0 Å². The first kappa shape index (κ1) is 14.8. The van der Waals surface area contributed by atoms with Gasteiger partial charge in [0.1, 0.15) is 5.25 Å². The number of nitrogens with zero attached hydrogens (tertiary/aromatic N) is 2. The number of hydrogen-bond acceptors (Lipinski definition) is 4. The monoisotopic (exact) mass is 346 g/mol. The normalized spacial score (nSPS) is 20.1. The first-order chi connectivity index (χ1) is 8.70. The highest BCUT2D eigenvalue weighted by molar-refractivity contribution is 8.14. The van der Waals surface area contributed by atoms with Crippen molar-refractivity contribution in [3.63, 3.8) is 0 Å². The van der Waals surface area contributed by atoms with Crippen LogP contribution < -0.4 is 4.90 Å². The Morgan fingerprint density at radius 3 is 2.53 bits per heavy atom. The number of pyridine rings is 1. The Bertz CT molecular complexity index is 652. The maximum atomic E-state index is 13.3. The molecule has 1 aromatic heterocycles. The molecule has 1 saturated heterocycles. The zero-order valence-corrected chi connectivity index (χ0v) is 12.2. The fourth-order valence-electron chi connectivity index (χ4n) is 1.72. The average Bonchev–Trinajstić information content (AvgIpc) is 2.65. The Morgan fingerprint density at radius 1 is 1.37 bits per heavy atom. The predicted molar refractivity (Wildman–Crippen MR) is 69.7 cm³/mol. The van der Waals surface area contributed by atoms with Gasteiger partial charge < -0.3 is 4.90 Å². The molecule has 0 spiro atoms. The summed E-state index contributed by atoms with van der Waals surface area (Å²) in [5, 5.41) is -1.68. The Labute approximate surface area is 122 Å². The van der Waals surface area contributed by atoms with Crippen LogP contribution >= 0.6 is 33.9 Å². The molecule has 1 fully saturated rings. The highest BCUT2D eigenvalue weighted by atomic mass is 35.7. The molecule has 2 heterocycles. The molecule has 1 unspecified atom stereocenters. The molecule has 0 aliphatic carbocycles. The third-order valence-electron chi connectivity index (χ3n) is 2.65. The summed E-state index contributed by atoms with van der Waals surface area (Å²) in [6.45, 7) is -0.201. The lowest BCUT2D eigenvalue weighted by Gasteiger charge is -2.17. The van der Waals surface area contributed by atoms with E-state index in [-0.39, 0.29) is 23.8 Å². The van der Waals surface area contributed by atoms with Crippen LogP contribution in [0.25, 0.3) is 0 Å². The number of carbonyl (C=O) groups excluding carboxylic acids is 1. The second kappa shape index (κ2) is 5.05. The van der Waals surface area contributed by atoms with Crippen molar-refractivity contribution in [2.75, 3.05) is 11.4 Å². The third-order valence-corrected chi connectivity index (χ3v) is 5.06. The summed E-state index contributed by atoms with van der Waals surface area (Å²) < 4.78 is 35.7. The van der Waals surface area contributed by atoms with E-state index in [4.69, 9.17) is 33.9 Å². The fourth-order valence-corrected chi connectivity index (χ4v) is 3.17. The van der Waals surface area contributed by atoms with Gasteiger partial charge in [-0.3, -0.25) is 4.79 Å². The molecule has 104 valence electrons. The van der Waals surface area contributed by atoms with Crippen LogP contribution in [0.15, 0.2) is 6.07 Å². The lowest BCUT2D eigenvalue weighted by molar-refractivity contribution is -0.117. The van der Waals surface area contributed by atoms with E-state index in [2.05, 4.69) is 4.98 Å². The summed E-state index contributed by atoms with van der Waals surface area (Å²) in [5.74, 6) is -1.38. The minimum absolute atomic E-state index is 0.0311. The van der Waals surface area contributed by atoms with Gasteiger partial charge in [0.2, 0.25) is 15.0 Å². The largest absolute Gasteiger partial charge is 0.308 e. The van der Waals surface area contributed by atoms with E-state index >= 15 is 0 Å². The van der Waals surface area contributed by atoms with Crippen molar-refractivity contribution in [1.82, 2.24) is 4.98 Å². The standard InChI is InChI=1S/C9H6Cl3FN2O3S/c10-8-5(13)2-6(9(11)14-8)15-3-4(1-7(15)16)19(12,17)18/h2,4H,1,3H2. The van der Waals surface area contributed by atoms with Crippen molar-refractivity contribution in [2.24, 2.45) is 0 Å². The molecule has 5 nitrogen and oxygen atoms in total. The number of hydrogen-bond donors (Lipinski definition) is 0. The van der Waals surface area contributed by atoms with Crippen LogP contribution in [0.5, 0.6) is 0 Å². The Balaban J connectivity index is 2.39. The quantitative estimate of drug-likeness (QED) is 0.607. The molecule has 1 aliphatic rings. The van der Waals surface area contributed by atoms with Crippen LogP contribution in [0.3, 0.4) is 0 Å². The molecule has 1 amide bonds. The molecule has 0 radical (unpaired) electrons. The van der Waals surface area contributed by atoms with E-state index in [1.165, 1.54) is 0 Å². The zero-order chi connectivity index (χ0) is 14.4. The van der Waals surface area contributed by atoms with E-state index in [0.29, 0.717) is 0 Å². The molecular weight excluding hydrogens is 342 g/mol. The Morgan fingerprint density at radius 2 is 2.00 bits per heavy atom. The molecule has 2 rings (SSSR count). The molecule has 10 heteroatoms. The molecule has 0 bridgehead atoms. The topological polar surface area (TPSA) is 67.3 Å². The zero-order valence-electron chi connectivity index (χ0n) is 9.11. The van der Waals surface area contributed by atoms with E-state index in [0.717, 1.165) is 11.0 Å². The molecule has 0 N–H and O–H groups in total. The molecule has 0 aromatic carbocycles. The van der Waals surface area contributed by atoms with E-state index in [1.807, 2.05) is 0 Å². The first-order valence-electron chi connectivity index (χ1n) is 4.95. The summed E-state index contributed by atoms with van der Waals surface area (Å²) in [5.41, 5.74) is -0.0311. The number of amides is 1. The van der Waals surface area contributed by atoms with Gasteiger partial charge in [0.25, 0.3) is 0 Å². The van der Waals surface area contributed by atoms with Gasteiger partial charge in [-0.15, -0.1) is 0 Å². The van der Waals surface area contributed by atoms with Crippen LogP contribution in [0.1, 0.15) is 6.42 Å². The number of rotatable bonds is 2. The lowest BCUT2D eigenvalue weighted by atomic mass is 10.3. The lowest BCUT2D eigenvalue weighted by Crippen LogP contribution is -2.27. The highest BCUT2D eigenvalue weighted by Gasteiger charge is 2.39. The molecule has 19 heavy (non-hydrogen) atoms. The maximum absolute atomic E-state index is 13.3. The van der Waals surface area contributed by atoms with E-state index in [9.17, 15) is 17.6 Å². The summed E-state index contributed by atoms with van der Waals surface area (Å²) in [6.07, 6.45) is -0.285. The van der Waals surface area contributed by atoms with Crippen molar-refractivity contribution < 1.29 is 17.6 Å². The predicted octanol–water partition coefficient (Wildman–Crippen LogP) is 2.20. The minimum Gasteiger partial charge on any atom is -0.308 e. The van der Waals surface area contributed by atoms with Crippen LogP contribution in [-0.2, 0) is 13.8 Å². The maximum Gasteiger partial charge on any atom is 0.237 e. The number of aromatic nitrogens is 1. The second-order valence-corrected chi connectivity index (χ2v) is 7.50. The van der Waals surface area contributed by atoms with E-state index < -0.39 is 31.2 Å². The van der Waals surface area contributed by atoms with Crippen LogP contribution in [0.4, 0.5) is 10.1 Å². The summed E-state index contributed by atoms with van der Waals surface area (Å²) in [7, 11) is 1.32. The highest BCUT2D eigenvalue weighted by Crippen LogP contribution is 2.33. The Hall–Kier alpha value is -0.630. The van der Waals surface area contributed by atoms with Gasteiger partial charge in [-0.1, -0.05) is 23.2 Å². The summed E-state index contributed by atoms with van der Waals surface area (Å²) >= 11 is 11.2. The summed E-state index contributed by atoms with van der Waals surface area (Å²) in [4.78, 5) is 16.3. The Kier molecular flexibility index (Phi) is 3.92. The van der Waals surface area contributed by atoms with Crippen LogP contribution in [0.2, 0.25) is 10.3 Å². The number of halogens is 4. The SMILES string of the molecule is O=C1CC(S(=O)(=O)Cl)CN1c1cc(F)c(Cl)nc1Cl. The van der Waals surface area contributed by atoms with Crippen molar-refractivity contribution in [1.29, 1.82) is 0 Å². The van der Waals surface area contributed by atoms with Gasteiger partial charge in [-0.25, -0.2) is 17.8 Å². The molecule has 1 aliphatic heterocycles. The van der Waals surface area contributed by atoms with Crippen LogP contribution in [-0.4, -0.2) is 31.1 Å². The van der Waals surface area contributed by atoms with Gasteiger partial charge in [-0.2, -0.15) is 0 Å². The molecule has 1 aromatic rings.